The first-order chi connectivity index (χ1) is 7.83. The van der Waals surface area contributed by atoms with Crippen LogP contribution in [0.1, 0.15) is 6.42 Å². The van der Waals surface area contributed by atoms with Gasteiger partial charge in [-0.2, -0.15) is 0 Å². The fourth-order valence-electron chi connectivity index (χ4n) is 1.92. The first-order valence-corrected chi connectivity index (χ1v) is 5.64. The van der Waals surface area contributed by atoms with Crippen LogP contribution < -0.4 is 10.6 Å². The van der Waals surface area contributed by atoms with E-state index in [1.165, 1.54) is 0 Å². The van der Waals surface area contributed by atoms with E-state index in [2.05, 4.69) is 0 Å². The van der Waals surface area contributed by atoms with E-state index < -0.39 is 0 Å². The molecule has 86 valence electrons. The number of nitrogens with zero attached hydrogens (tertiary/aromatic N) is 2. The highest BCUT2D eigenvalue weighted by Gasteiger charge is 2.28. The van der Waals surface area contributed by atoms with Crippen molar-refractivity contribution in [2.24, 2.45) is 5.73 Å². The summed E-state index contributed by atoms with van der Waals surface area (Å²) in [5.74, 6) is 0. The Morgan fingerprint density at radius 3 is 2.62 bits per heavy atom. The third kappa shape index (κ3) is 2.17. The molecule has 2 amide bonds. The maximum atomic E-state index is 12.0. The molecule has 1 aromatic carbocycles. The van der Waals surface area contributed by atoms with Crippen LogP contribution in [0.5, 0.6) is 0 Å². The lowest BCUT2D eigenvalue weighted by atomic mass is 10.3. The van der Waals surface area contributed by atoms with E-state index in [0.29, 0.717) is 6.54 Å². The summed E-state index contributed by atoms with van der Waals surface area (Å²) in [5.41, 5.74) is 6.42. The highest BCUT2D eigenvalue weighted by Crippen LogP contribution is 2.19. The molecule has 2 N–H and O–H groups in total. The molecule has 0 aromatic heterocycles. The quantitative estimate of drug-likeness (QED) is 0.829. The third-order valence-corrected chi connectivity index (χ3v) is 2.79. The number of anilines is 1. The van der Waals surface area contributed by atoms with E-state index >= 15 is 0 Å². The van der Waals surface area contributed by atoms with E-state index in [1.807, 2.05) is 40.1 Å². The molecule has 0 saturated carbocycles. The maximum Gasteiger partial charge on any atom is 0.324 e. The Hall–Kier alpha value is -1.55. The Bertz CT molecular complexity index is 353. The van der Waals surface area contributed by atoms with Crippen LogP contribution in [-0.4, -0.2) is 37.1 Å². The van der Waals surface area contributed by atoms with Crippen molar-refractivity contribution in [2.75, 3.05) is 31.1 Å². The lowest BCUT2D eigenvalue weighted by Gasteiger charge is -2.18. The fraction of sp³-hybridized carbons (Fsp3) is 0.417. The molecule has 4 nitrogen and oxygen atoms in total. The molecule has 0 aliphatic carbocycles. The molecule has 2 rings (SSSR count). The van der Waals surface area contributed by atoms with E-state index in [-0.39, 0.29) is 6.03 Å². The minimum Gasteiger partial charge on any atom is -0.330 e. The van der Waals surface area contributed by atoms with Gasteiger partial charge in [-0.05, 0) is 25.1 Å². The van der Waals surface area contributed by atoms with Gasteiger partial charge in [0.2, 0.25) is 0 Å². The zero-order chi connectivity index (χ0) is 11.4. The van der Waals surface area contributed by atoms with Gasteiger partial charge in [0.1, 0.15) is 0 Å². The summed E-state index contributed by atoms with van der Waals surface area (Å²) in [5, 5.41) is 0. The molecule has 0 spiro atoms. The minimum absolute atomic E-state index is 0.0969. The van der Waals surface area contributed by atoms with Crippen LogP contribution in [0.4, 0.5) is 10.5 Å². The summed E-state index contributed by atoms with van der Waals surface area (Å²) in [4.78, 5) is 15.7. The van der Waals surface area contributed by atoms with Crippen LogP contribution in [0, 0.1) is 0 Å². The number of amides is 2. The van der Waals surface area contributed by atoms with Crippen LogP contribution >= 0.6 is 0 Å². The van der Waals surface area contributed by atoms with Gasteiger partial charge in [0.25, 0.3) is 0 Å². The number of carbonyl (C=O) groups is 1. The number of para-hydroxylation sites is 1. The molecule has 1 aromatic rings. The molecular formula is C12H17N3O. The zero-order valence-electron chi connectivity index (χ0n) is 9.30. The molecule has 4 heteroatoms. The van der Waals surface area contributed by atoms with Gasteiger partial charge in [-0.1, -0.05) is 18.2 Å². The Balaban J connectivity index is 2.02. The van der Waals surface area contributed by atoms with Crippen molar-refractivity contribution in [1.29, 1.82) is 0 Å². The van der Waals surface area contributed by atoms with Gasteiger partial charge >= 0.3 is 6.03 Å². The normalized spacial score (nSPS) is 15.9. The lowest BCUT2D eigenvalue weighted by Crippen LogP contribution is -2.33. The summed E-state index contributed by atoms with van der Waals surface area (Å²) in [6, 6.07) is 9.88. The predicted molar refractivity (Wildman–Crippen MR) is 64.4 cm³/mol. The largest absolute Gasteiger partial charge is 0.330 e. The average Bonchev–Trinajstić information content (AvgIpc) is 2.69. The Labute approximate surface area is 95.6 Å². The van der Waals surface area contributed by atoms with Gasteiger partial charge in [0, 0.05) is 25.3 Å². The standard InChI is InChI=1S/C12H17N3O/c13-7-4-8-14-9-10-15(12(14)16)11-5-2-1-3-6-11/h1-3,5-6H,4,7-10,13H2. The van der Waals surface area contributed by atoms with Gasteiger partial charge in [-0.3, -0.25) is 4.90 Å². The molecule has 0 bridgehead atoms. The second kappa shape index (κ2) is 4.99. The van der Waals surface area contributed by atoms with E-state index in [0.717, 1.165) is 31.7 Å². The summed E-state index contributed by atoms with van der Waals surface area (Å²) >= 11 is 0. The molecule has 1 fully saturated rings. The van der Waals surface area contributed by atoms with Crippen LogP contribution in [0.15, 0.2) is 30.3 Å². The molecule has 1 aliphatic heterocycles. The van der Waals surface area contributed by atoms with Gasteiger partial charge in [0.05, 0.1) is 0 Å². The molecule has 0 unspecified atom stereocenters. The topological polar surface area (TPSA) is 49.6 Å². The van der Waals surface area contributed by atoms with Crippen molar-refractivity contribution < 1.29 is 4.79 Å². The Morgan fingerprint density at radius 2 is 1.94 bits per heavy atom. The number of nitrogens with two attached hydrogens (primary N) is 1. The van der Waals surface area contributed by atoms with Gasteiger partial charge in [0.15, 0.2) is 0 Å². The first kappa shape index (κ1) is 11.0. The van der Waals surface area contributed by atoms with Crippen LogP contribution in [0.25, 0.3) is 0 Å². The number of rotatable bonds is 4. The Kier molecular flexibility index (Phi) is 3.41. The van der Waals surface area contributed by atoms with Crippen molar-refractivity contribution in [1.82, 2.24) is 4.90 Å². The van der Waals surface area contributed by atoms with Gasteiger partial charge in [-0.25, -0.2) is 4.79 Å². The van der Waals surface area contributed by atoms with E-state index in [1.54, 1.807) is 0 Å². The molecular weight excluding hydrogens is 202 g/mol. The summed E-state index contributed by atoms with van der Waals surface area (Å²) in [6.07, 6.45) is 0.869. The number of carbonyl (C=O) groups excluding carboxylic acids is 1. The van der Waals surface area contributed by atoms with Crippen molar-refractivity contribution in [3.05, 3.63) is 30.3 Å². The number of hydrogen-bond donors (Lipinski definition) is 1. The van der Waals surface area contributed by atoms with Crippen LogP contribution in [-0.2, 0) is 0 Å². The van der Waals surface area contributed by atoms with Gasteiger partial charge < -0.3 is 10.6 Å². The zero-order valence-corrected chi connectivity index (χ0v) is 9.30. The fourth-order valence-corrected chi connectivity index (χ4v) is 1.92. The molecule has 1 saturated heterocycles. The van der Waals surface area contributed by atoms with E-state index in [9.17, 15) is 4.79 Å². The second-order valence-electron chi connectivity index (χ2n) is 3.90. The number of urea groups is 1. The maximum absolute atomic E-state index is 12.0. The lowest BCUT2D eigenvalue weighted by molar-refractivity contribution is 0.220. The predicted octanol–water partition coefficient (Wildman–Crippen LogP) is 1.28. The highest BCUT2D eigenvalue weighted by atomic mass is 16.2. The van der Waals surface area contributed by atoms with Crippen molar-refractivity contribution in [2.45, 2.75) is 6.42 Å². The summed E-state index contributed by atoms with van der Waals surface area (Å²) in [6.45, 7) is 2.97. The van der Waals surface area contributed by atoms with Crippen LogP contribution in [0.3, 0.4) is 0 Å². The highest BCUT2D eigenvalue weighted by molar-refractivity contribution is 5.94. The molecule has 1 aliphatic rings. The van der Waals surface area contributed by atoms with Gasteiger partial charge in [-0.15, -0.1) is 0 Å². The molecule has 1 heterocycles. The second-order valence-corrected chi connectivity index (χ2v) is 3.90. The monoisotopic (exact) mass is 219 g/mol. The smallest absolute Gasteiger partial charge is 0.324 e. The van der Waals surface area contributed by atoms with Crippen molar-refractivity contribution in [3.63, 3.8) is 0 Å². The molecule has 16 heavy (non-hydrogen) atoms. The minimum atomic E-state index is 0.0969. The summed E-state index contributed by atoms with van der Waals surface area (Å²) in [7, 11) is 0. The SMILES string of the molecule is NCCCN1CCN(c2ccccc2)C1=O. The molecule has 0 radical (unpaired) electrons. The number of benzene rings is 1. The van der Waals surface area contributed by atoms with Crippen LogP contribution in [0.2, 0.25) is 0 Å². The number of hydrogen-bond acceptors (Lipinski definition) is 2. The van der Waals surface area contributed by atoms with Crippen molar-refractivity contribution >= 4 is 11.7 Å². The molecule has 0 atom stereocenters. The van der Waals surface area contributed by atoms with E-state index in [4.69, 9.17) is 5.73 Å². The average molecular weight is 219 g/mol. The van der Waals surface area contributed by atoms with Crippen molar-refractivity contribution in [3.8, 4) is 0 Å². The first-order valence-electron chi connectivity index (χ1n) is 5.64. The summed E-state index contributed by atoms with van der Waals surface area (Å²) < 4.78 is 0. The Morgan fingerprint density at radius 1 is 1.19 bits per heavy atom. The third-order valence-electron chi connectivity index (χ3n) is 2.79.